The van der Waals surface area contributed by atoms with E-state index in [4.69, 9.17) is 4.74 Å². The van der Waals surface area contributed by atoms with Crippen molar-refractivity contribution < 1.29 is 86.9 Å². The molecule has 0 radical (unpaired) electrons. The number of halogens is 10. The predicted molar refractivity (Wildman–Crippen MR) is 380 cm³/mol. The Morgan fingerprint density at radius 2 is 0.964 bits per heavy atom. The van der Waals surface area contributed by atoms with E-state index in [1.165, 1.54) is 124 Å². The number of hydrogen-bond acceptors (Lipinski definition) is 21. The molecule has 30 nitrogen and oxygen atoms in total. The number of rotatable bonds is 25. The minimum Gasteiger partial charge on any atom is -0.434 e. The summed E-state index contributed by atoms with van der Waals surface area (Å²) in [7, 11) is 4.48. The molecule has 13 rings (SSSR count). The average Bonchev–Trinajstić information content (AvgIpc) is 1.62. The molecule has 0 spiro atoms. The van der Waals surface area contributed by atoms with Crippen LogP contribution in [0, 0.1) is 0 Å². The summed E-state index contributed by atoms with van der Waals surface area (Å²) in [6, 6.07) is 16.9. The number of aromatic nitrogens is 15. The second-order valence-corrected chi connectivity index (χ2v) is 26.7. The Balaban J connectivity index is 0.000000164. The maximum absolute atomic E-state index is 13.2. The summed E-state index contributed by atoms with van der Waals surface area (Å²) in [5.41, 5.74) is 1.99. The van der Waals surface area contributed by atoms with E-state index in [2.05, 4.69) is 81.4 Å². The monoisotopic (exact) mass is 1590 g/mol. The number of anilines is 3. The number of amides is 6. The van der Waals surface area contributed by atoms with Crippen LogP contribution in [0.3, 0.4) is 0 Å². The van der Waals surface area contributed by atoms with Gasteiger partial charge in [-0.3, -0.25) is 43.2 Å². The van der Waals surface area contributed by atoms with Crippen LogP contribution in [-0.4, -0.2) is 190 Å². The van der Waals surface area contributed by atoms with Crippen LogP contribution in [0.5, 0.6) is 17.2 Å². The summed E-state index contributed by atoms with van der Waals surface area (Å²) in [5, 5.41) is 38.3. The number of likely N-dealkylation sites (tertiary alicyclic amines) is 1. The number of carbonyl (C=O) groups excluding carboxylic acids is 6. The van der Waals surface area contributed by atoms with Crippen molar-refractivity contribution in [3.63, 3.8) is 0 Å². The Hall–Kier alpha value is -12.3. The van der Waals surface area contributed by atoms with Crippen LogP contribution in [0.1, 0.15) is 50.8 Å². The molecular weight excluding hydrogens is 1530 g/mol. The second-order valence-electron chi connectivity index (χ2n) is 23.2. The molecule has 1 aliphatic rings. The molecule has 5 N–H and O–H groups in total. The van der Waals surface area contributed by atoms with Crippen molar-refractivity contribution in [2.24, 2.45) is 0 Å². The molecule has 0 saturated carbocycles. The maximum atomic E-state index is 13.2. The predicted octanol–water partition coefficient (Wildman–Crippen LogP) is 11.4. The first-order valence-corrected chi connectivity index (χ1v) is 34.9. The number of carbonyl (C=O) groups is 6. The maximum Gasteiger partial charge on any atom is 0.387 e. The zero-order valence-corrected chi connectivity index (χ0v) is 59.8. The fraction of sp³-hybridized carbons (Fsp3) is 0.239. The van der Waals surface area contributed by atoms with Gasteiger partial charge in [0.05, 0.1) is 47.5 Å². The molecule has 0 unspecified atom stereocenters. The van der Waals surface area contributed by atoms with Gasteiger partial charge in [-0.15, -0.1) is 11.8 Å². The van der Waals surface area contributed by atoms with Gasteiger partial charge >= 0.3 is 19.8 Å². The zero-order valence-electron chi connectivity index (χ0n) is 57.4. The molecule has 43 heteroatoms. The lowest BCUT2D eigenvalue weighted by molar-refractivity contribution is -0.130. The number of H-pyrrole nitrogens is 1. The summed E-state index contributed by atoms with van der Waals surface area (Å²) in [4.78, 5) is 91.5. The van der Waals surface area contributed by atoms with Gasteiger partial charge < -0.3 is 45.3 Å². The summed E-state index contributed by atoms with van der Waals surface area (Å²) in [6.45, 7) is -7.05. The minimum absolute atomic E-state index is 0.0116. The lowest BCUT2D eigenvalue weighted by Gasteiger charge is -2.31. The Kier molecular flexibility index (Phi) is 25.5. The summed E-state index contributed by atoms with van der Waals surface area (Å²) < 4.78 is 151. The van der Waals surface area contributed by atoms with E-state index in [0.717, 1.165) is 34.6 Å². The number of nitrogens with zero attached hydrogens (tertiary/aromatic N) is 16. The van der Waals surface area contributed by atoms with Gasteiger partial charge in [0.1, 0.15) is 58.4 Å². The molecule has 0 bridgehead atoms. The van der Waals surface area contributed by atoms with Crippen LogP contribution in [0.25, 0.3) is 50.7 Å². The van der Waals surface area contributed by atoms with Crippen molar-refractivity contribution in [2.75, 3.05) is 50.2 Å². The molecule has 12 aromatic rings. The first-order valence-electron chi connectivity index (χ1n) is 32.2. The van der Waals surface area contributed by atoms with Crippen molar-refractivity contribution in [3.8, 4) is 51.0 Å². The average molecular weight is 1590 g/mol. The molecule has 1 aliphatic heterocycles. The van der Waals surface area contributed by atoms with Crippen molar-refractivity contribution in [2.45, 2.75) is 84.1 Å². The van der Waals surface area contributed by atoms with Crippen LogP contribution < -0.4 is 35.5 Å². The first-order chi connectivity index (χ1) is 52.7. The number of likely N-dealkylation sites (N-methyl/N-ethyl adjacent to an activating group) is 2. The van der Waals surface area contributed by atoms with Gasteiger partial charge in [0.15, 0.2) is 16.9 Å². The highest BCUT2D eigenvalue weighted by atomic mass is 32.2. The lowest BCUT2D eigenvalue weighted by atomic mass is 10.1. The van der Waals surface area contributed by atoms with Crippen molar-refractivity contribution >= 4 is 105 Å². The van der Waals surface area contributed by atoms with Crippen molar-refractivity contribution in [1.82, 2.24) is 88.7 Å². The number of ether oxygens (including phenoxy) is 3. The summed E-state index contributed by atoms with van der Waals surface area (Å²) >= 11 is 2.01. The highest BCUT2D eigenvalue weighted by Gasteiger charge is 2.29. The van der Waals surface area contributed by atoms with Crippen LogP contribution in [0.4, 0.5) is 61.0 Å². The molecule has 0 aliphatic carbocycles. The lowest BCUT2D eigenvalue weighted by Crippen LogP contribution is -2.37. The highest BCUT2D eigenvalue weighted by molar-refractivity contribution is 8.00. The molecule has 6 amide bonds. The van der Waals surface area contributed by atoms with E-state index in [-0.39, 0.29) is 148 Å². The normalized spacial score (nSPS) is 12.3. The van der Waals surface area contributed by atoms with E-state index in [9.17, 15) is 72.7 Å². The van der Waals surface area contributed by atoms with Gasteiger partial charge in [-0.05, 0) is 85.6 Å². The van der Waals surface area contributed by atoms with Gasteiger partial charge in [0.2, 0.25) is 17.7 Å². The smallest absolute Gasteiger partial charge is 0.387 e. The Labute approximate surface area is 626 Å². The van der Waals surface area contributed by atoms with E-state index in [1.54, 1.807) is 73.8 Å². The third kappa shape index (κ3) is 19.7. The number of nitrogens with one attached hydrogen (secondary N) is 5. The van der Waals surface area contributed by atoms with Gasteiger partial charge in [-0.2, -0.15) is 74.5 Å². The van der Waals surface area contributed by atoms with E-state index < -0.39 is 55.0 Å². The second kappa shape index (κ2) is 35.6. The van der Waals surface area contributed by atoms with Crippen LogP contribution >= 0.6 is 35.3 Å². The number of aromatic amines is 1. The SMILES string of the molecule is CC(=O)N1CCC(Sc2ccc(OC(F)F)c(-c3[nH]ncc3NC(=O)c3cnn4cccnc34)c2)CC1.CN(C)C(=O)Cn1cc(NC(=O)c2cnn3cccnc23)c(-c2cc(SC(F)F)ccc2OC(F)F)n1.CNC(=O)Cn1cc(NC(=O)c2cnn3cccnc23)c(-c2cc(SC(F)F)ccc2OC(F)F)n1. The molecule has 110 heavy (non-hydrogen) atoms. The molecule has 9 aromatic heterocycles. The number of piperidine rings is 1. The molecule has 3 aromatic carbocycles. The van der Waals surface area contributed by atoms with Gasteiger partial charge in [-0.1, -0.05) is 23.5 Å². The summed E-state index contributed by atoms with van der Waals surface area (Å²) in [6.07, 6.45) is 19.0. The highest BCUT2D eigenvalue weighted by Crippen LogP contribution is 2.43. The Morgan fingerprint density at radius 3 is 1.37 bits per heavy atom. The molecular formula is C67H59F10N21O9S3. The largest absolute Gasteiger partial charge is 0.434 e. The number of thioether (sulfide) groups is 3. The molecule has 574 valence electrons. The van der Waals surface area contributed by atoms with Gasteiger partial charge in [0, 0.05) is 127 Å². The van der Waals surface area contributed by atoms with Gasteiger partial charge in [0.25, 0.3) is 29.2 Å². The number of alkyl halides is 10. The fourth-order valence-corrected chi connectivity index (χ4v) is 13.0. The Morgan fingerprint density at radius 1 is 0.555 bits per heavy atom. The molecule has 0 atom stereocenters. The fourth-order valence-electron chi connectivity index (χ4n) is 10.8. The van der Waals surface area contributed by atoms with Gasteiger partial charge in [-0.25, -0.2) is 28.5 Å². The Bertz CT molecular complexity index is 5300. The quantitative estimate of drug-likeness (QED) is 0.0262. The van der Waals surface area contributed by atoms with Crippen molar-refractivity contribution in [3.05, 3.63) is 164 Å². The molecule has 10 heterocycles. The van der Waals surface area contributed by atoms with Crippen molar-refractivity contribution in [1.29, 1.82) is 0 Å². The topological polar surface area (TPSA) is 340 Å². The zero-order chi connectivity index (χ0) is 78.4. The minimum atomic E-state index is -3.22. The van der Waals surface area contributed by atoms with E-state index in [0.29, 0.717) is 30.0 Å². The molecule has 1 saturated heterocycles. The number of fused-ring (bicyclic) bond motifs is 3. The van der Waals surface area contributed by atoms with E-state index >= 15 is 0 Å². The van der Waals surface area contributed by atoms with Crippen LogP contribution in [0.15, 0.2) is 162 Å². The van der Waals surface area contributed by atoms with Crippen LogP contribution in [0.2, 0.25) is 0 Å². The van der Waals surface area contributed by atoms with E-state index in [1.807, 2.05) is 4.90 Å². The third-order valence-corrected chi connectivity index (χ3v) is 18.5. The third-order valence-electron chi connectivity index (χ3n) is 15.8. The van der Waals surface area contributed by atoms with Crippen LogP contribution in [-0.2, 0) is 27.5 Å². The standard InChI is InChI=1S/C24H23F2N7O3S.C22H19F4N7O3S.C21H17F4N7O3S/c1-14(34)32-9-5-15(6-10-32)37-16-3-4-20(36-24(25)26)17(11-16)21-19(13-28-31-21)30-23(35)18-12-29-33-8-2-7-27-22(18)33;1-31(2)17(34)11-32-10-15(29-20(35)14-9-28-33-7-3-6-27-19(14)33)18(30-32)13-8-12(37-22(25)26)4-5-16(13)36-21(23)24;1-26-16(33)10-31-9-14(29-19(34)13-8-28-32-6-2-5-27-18(13)32)17(30-31)12-7-11(36-21(24)25)3-4-15(12)35-20(22)23/h2-4,7-8,11-13,15,24H,5-6,9-10H2,1H3,(H,28,31)(H,30,35);3-10,21-22H,11H2,1-2H3,(H,29,35);2-9,20-21H,10H2,1H3,(H,26,33)(H,29,34). The number of benzene rings is 3. The summed E-state index contributed by atoms with van der Waals surface area (Å²) in [5.74, 6) is -8.80. The molecule has 1 fully saturated rings. The first kappa shape index (κ1) is 78.8. The number of hydrogen-bond donors (Lipinski definition) is 5.